The van der Waals surface area contributed by atoms with Gasteiger partial charge in [-0.25, -0.2) is 9.78 Å². The fourth-order valence-corrected chi connectivity index (χ4v) is 3.21. The number of fused-ring (bicyclic) bond motifs is 1. The first-order valence-electron chi connectivity index (χ1n) is 8.39. The summed E-state index contributed by atoms with van der Waals surface area (Å²) in [5.41, 5.74) is 0.985. The summed E-state index contributed by atoms with van der Waals surface area (Å²) in [5.74, 6) is 0.548. The third kappa shape index (κ3) is 4.12. The largest absolute Gasteiger partial charge is 0.444 e. The number of H-pyrrole nitrogens is 1. The molecule has 0 spiro atoms. The average molecular weight is 364 g/mol. The number of aromatic nitrogens is 2. The lowest BCUT2D eigenvalue weighted by atomic mass is 10.1. The number of Topliss-reactive ketones (excluding diaryl/α,β-unsaturated/α-hetero) is 1. The molecule has 2 heterocycles. The first-order chi connectivity index (χ1) is 11.7. The van der Waals surface area contributed by atoms with E-state index in [9.17, 15) is 9.59 Å². The maximum Gasteiger partial charge on any atom is 0.410 e. The zero-order valence-corrected chi connectivity index (χ0v) is 15.4. The fraction of sp³-hybridized carbons (Fsp3) is 0.500. The van der Waals surface area contributed by atoms with Gasteiger partial charge in [0.05, 0.1) is 23.5 Å². The van der Waals surface area contributed by atoms with Crippen molar-refractivity contribution >= 4 is 34.5 Å². The Morgan fingerprint density at radius 1 is 1.40 bits per heavy atom. The molecular weight excluding hydrogens is 342 g/mol. The lowest BCUT2D eigenvalue weighted by Crippen LogP contribution is -2.43. The SMILES string of the molecule is CC(C)(C)OC(=O)N1CCC[C@H]1C(=O)Cc1nc2ccc(Cl)cc2[nH]1. The van der Waals surface area contributed by atoms with Gasteiger partial charge < -0.3 is 9.72 Å². The van der Waals surface area contributed by atoms with Crippen LogP contribution >= 0.6 is 11.6 Å². The molecule has 1 aliphatic rings. The molecule has 1 aromatic heterocycles. The highest BCUT2D eigenvalue weighted by atomic mass is 35.5. The van der Waals surface area contributed by atoms with Crippen molar-refractivity contribution < 1.29 is 14.3 Å². The average Bonchev–Trinajstić information content (AvgIpc) is 3.10. The fourth-order valence-electron chi connectivity index (χ4n) is 3.04. The quantitative estimate of drug-likeness (QED) is 0.901. The van der Waals surface area contributed by atoms with Gasteiger partial charge in [0, 0.05) is 11.6 Å². The van der Waals surface area contributed by atoms with Crippen LogP contribution in [0.3, 0.4) is 0 Å². The molecule has 134 valence electrons. The van der Waals surface area contributed by atoms with Crippen LogP contribution in [0.25, 0.3) is 11.0 Å². The molecule has 1 fully saturated rings. The first-order valence-corrected chi connectivity index (χ1v) is 8.77. The summed E-state index contributed by atoms with van der Waals surface area (Å²) < 4.78 is 5.41. The van der Waals surface area contributed by atoms with E-state index < -0.39 is 17.7 Å². The zero-order valence-electron chi connectivity index (χ0n) is 14.6. The van der Waals surface area contributed by atoms with E-state index in [4.69, 9.17) is 16.3 Å². The number of nitrogens with zero attached hydrogens (tertiary/aromatic N) is 2. The number of likely N-dealkylation sites (tertiary alicyclic amines) is 1. The van der Waals surface area contributed by atoms with Crippen LogP contribution in [0.4, 0.5) is 4.79 Å². The van der Waals surface area contributed by atoms with Crippen molar-refractivity contribution in [3.05, 3.63) is 29.0 Å². The van der Waals surface area contributed by atoms with Crippen molar-refractivity contribution in [1.82, 2.24) is 14.9 Å². The maximum atomic E-state index is 12.7. The minimum atomic E-state index is -0.578. The van der Waals surface area contributed by atoms with E-state index in [0.717, 1.165) is 17.5 Å². The number of ketones is 1. The first kappa shape index (κ1) is 17.7. The number of carbonyl (C=O) groups is 2. The number of benzene rings is 1. The number of hydrogen-bond donors (Lipinski definition) is 1. The normalized spacial score (nSPS) is 17.9. The van der Waals surface area contributed by atoms with Gasteiger partial charge in [0.2, 0.25) is 0 Å². The molecule has 0 saturated carbocycles. The number of carbonyl (C=O) groups excluding carboxylic acids is 2. The monoisotopic (exact) mass is 363 g/mol. The summed E-state index contributed by atoms with van der Waals surface area (Å²) in [6.45, 7) is 5.99. The number of rotatable bonds is 3. The molecule has 1 N–H and O–H groups in total. The Labute approximate surface area is 151 Å². The molecule has 0 bridgehead atoms. The highest BCUT2D eigenvalue weighted by Crippen LogP contribution is 2.23. The minimum absolute atomic E-state index is 0.0338. The van der Waals surface area contributed by atoms with E-state index >= 15 is 0 Å². The number of aromatic amines is 1. The van der Waals surface area contributed by atoms with Crippen molar-refractivity contribution in [1.29, 1.82) is 0 Å². The molecule has 3 rings (SSSR count). The molecule has 1 amide bonds. The summed E-state index contributed by atoms with van der Waals surface area (Å²) in [5, 5.41) is 0.612. The molecule has 0 unspecified atom stereocenters. The van der Waals surface area contributed by atoms with E-state index in [1.165, 1.54) is 4.90 Å². The molecule has 1 aliphatic heterocycles. The number of imidazole rings is 1. The maximum absolute atomic E-state index is 12.7. The van der Waals surface area contributed by atoms with Crippen LogP contribution in [-0.4, -0.2) is 44.9 Å². The molecule has 7 heteroatoms. The molecule has 0 aliphatic carbocycles. The minimum Gasteiger partial charge on any atom is -0.444 e. The molecule has 6 nitrogen and oxygen atoms in total. The topological polar surface area (TPSA) is 75.3 Å². The second kappa shape index (κ2) is 6.67. The Hall–Kier alpha value is -2.08. The van der Waals surface area contributed by atoms with E-state index in [1.807, 2.05) is 26.8 Å². The van der Waals surface area contributed by atoms with Gasteiger partial charge in [-0.3, -0.25) is 9.69 Å². The number of nitrogens with one attached hydrogen (secondary N) is 1. The summed E-state index contributed by atoms with van der Waals surface area (Å²) in [4.78, 5) is 34.1. The number of amides is 1. The molecule has 2 aromatic rings. The summed E-state index contributed by atoms with van der Waals surface area (Å²) in [6, 6.07) is 4.90. The predicted octanol–water partition coefficient (Wildman–Crippen LogP) is 3.73. The summed E-state index contributed by atoms with van der Waals surface area (Å²) in [7, 11) is 0. The van der Waals surface area contributed by atoms with E-state index in [-0.39, 0.29) is 12.2 Å². The van der Waals surface area contributed by atoms with E-state index in [1.54, 1.807) is 12.1 Å². The number of hydrogen-bond acceptors (Lipinski definition) is 4. The van der Waals surface area contributed by atoms with Crippen molar-refractivity contribution in [2.75, 3.05) is 6.54 Å². The van der Waals surface area contributed by atoms with Gasteiger partial charge in [0.25, 0.3) is 0 Å². The van der Waals surface area contributed by atoms with E-state index in [2.05, 4.69) is 9.97 Å². The highest BCUT2D eigenvalue weighted by molar-refractivity contribution is 6.31. The van der Waals surface area contributed by atoms with Gasteiger partial charge >= 0.3 is 6.09 Å². The van der Waals surface area contributed by atoms with Gasteiger partial charge in [-0.1, -0.05) is 11.6 Å². The third-order valence-corrected chi connectivity index (χ3v) is 4.32. The van der Waals surface area contributed by atoms with Gasteiger partial charge in [-0.05, 0) is 51.8 Å². The van der Waals surface area contributed by atoms with Crippen molar-refractivity contribution in [2.45, 2.75) is 51.7 Å². The zero-order chi connectivity index (χ0) is 18.2. The van der Waals surface area contributed by atoms with Gasteiger partial charge in [-0.15, -0.1) is 0 Å². The van der Waals surface area contributed by atoms with E-state index in [0.29, 0.717) is 23.8 Å². The van der Waals surface area contributed by atoms with Crippen LogP contribution in [0.15, 0.2) is 18.2 Å². The van der Waals surface area contributed by atoms with Crippen molar-refractivity contribution in [3.63, 3.8) is 0 Å². The standard InChI is InChI=1S/C18H22ClN3O3/c1-18(2,3)25-17(24)22-8-4-5-14(22)15(23)10-16-20-12-7-6-11(19)9-13(12)21-16/h6-7,9,14H,4-5,8,10H2,1-3H3,(H,20,21)/t14-/m0/s1. The van der Waals surface area contributed by atoms with Gasteiger partial charge in [-0.2, -0.15) is 0 Å². The predicted molar refractivity (Wildman–Crippen MR) is 95.8 cm³/mol. The number of halogens is 1. The Morgan fingerprint density at radius 3 is 2.88 bits per heavy atom. The Morgan fingerprint density at radius 2 is 2.16 bits per heavy atom. The van der Waals surface area contributed by atoms with Crippen LogP contribution in [0, 0.1) is 0 Å². The molecule has 1 saturated heterocycles. The molecule has 0 radical (unpaired) electrons. The van der Waals surface area contributed by atoms with Crippen LogP contribution < -0.4 is 0 Å². The summed E-state index contributed by atoms with van der Waals surface area (Å²) >= 11 is 5.97. The molecule has 1 atom stereocenters. The van der Waals surface area contributed by atoms with Crippen molar-refractivity contribution in [3.8, 4) is 0 Å². The summed E-state index contributed by atoms with van der Waals surface area (Å²) in [6.07, 6.45) is 1.17. The van der Waals surface area contributed by atoms with Gasteiger partial charge in [0.1, 0.15) is 11.4 Å². The lowest BCUT2D eigenvalue weighted by Gasteiger charge is -2.27. The Bertz CT molecular complexity index is 809. The van der Waals surface area contributed by atoms with Gasteiger partial charge in [0.15, 0.2) is 5.78 Å². The van der Waals surface area contributed by atoms with Crippen LogP contribution in [0.1, 0.15) is 39.4 Å². The van der Waals surface area contributed by atoms with Crippen LogP contribution in [0.2, 0.25) is 5.02 Å². The van der Waals surface area contributed by atoms with Crippen LogP contribution in [-0.2, 0) is 16.0 Å². The Balaban J connectivity index is 1.71. The highest BCUT2D eigenvalue weighted by Gasteiger charge is 2.36. The molecule has 25 heavy (non-hydrogen) atoms. The van der Waals surface area contributed by atoms with Crippen LogP contribution in [0.5, 0.6) is 0 Å². The second-order valence-corrected chi connectivity index (χ2v) is 7.76. The molecular formula is C18H22ClN3O3. The van der Waals surface area contributed by atoms with Crippen molar-refractivity contribution in [2.24, 2.45) is 0 Å². The third-order valence-electron chi connectivity index (χ3n) is 4.09. The lowest BCUT2D eigenvalue weighted by molar-refractivity contribution is -0.122. The Kier molecular flexibility index (Phi) is 4.73. The number of ether oxygens (including phenoxy) is 1. The second-order valence-electron chi connectivity index (χ2n) is 7.32. The smallest absolute Gasteiger partial charge is 0.410 e. The molecule has 1 aromatic carbocycles.